The van der Waals surface area contributed by atoms with Crippen molar-refractivity contribution >= 4 is 11.8 Å². The molecule has 0 saturated carbocycles. The SMILES string of the molecule is Cn1cncc1CNCc1ccc(NC(=O)OC(C)(C)C)cc1. The summed E-state index contributed by atoms with van der Waals surface area (Å²) in [4.78, 5) is 15.8. The lowest BCUT2D eigenvalue weighted by atomic mass is 10.2. The van der Waals surface area contributed by atoms with Crippen molar-refractivity contribution in [2.45, 2.75) is 39.5 Å². The average molecular weight is 316 g/mol. The highest BCUT2D eigenvalue weighted by atomic mass is 16.6. The molecule has 0 fully saturated rings. The van der Waals surface area contributed by atoms with E-state index in [-0.39, 0.29) is 0 Å². The largest absolute Gasteiger partial charge is 0.444 e. The average Bonchev–Trinajstić information content (AvgIpc) is 2.84. The third-order valence-corrected chi connectivity index (χ3v) is 3.15. The molecule has 0 aliphatic rings. The molecule has 0 aliphatic carbocycles. The molecule has 1 aromatic carbocycles. The van der Waals surface area contributed by atoms with Crippen LogP contribution >= 0.6 is 0 Å². The van der Waals surface area contributed by atoms with Crippen molar-refractivity contribution in [3.63, 3.8) is 0 Å². The molecule has 1 amide bonds. The Labute approximate surface area is 136 Å². The molecule has 1 aromatic heterocycles. The summed E-state index contributed by atoms with van der Waals surface area (Å²) in [6.07, 6.45) is 3.19. The zero-order chi connectivity index (χ0) is 16.9. The Morgan fingerprint density at radius 1 is 1.22 bits per heavy atom. The first-order chi connectivity index (χ1) is 10.8. The zero-order valence-electron chi connectivity index (χ0n) is 14.1. The number of carbonyl (C=O) groups excluding carboxylic acids is 1. The maximum absolute atomic E-state index is 11.7. The molecule has 23 heavy (non-hydrogen) atoms. The standard InChI is InChI=1S/C17H24N4O2/c1-17(2,3)23-16(22)20-14-7-5-13(6-8-14)9-18-10-15-11-19-12-21(15)4/h5-8,11-12,18H,9-10H2,1-4H3,(H,20,22). The Balaban J connectivity index is 1.80. The van der Waals surface area contributed by atoms with E-state index >= 15 is 0 Å². The molecule has 124 valence electrons. The molecule has 2 aromatic rings. The lowest BCUT2D eigenvalue weighted by Gasteiger charge is -2.19. The predicted molar refractivity (Wildman–Crippen MR) is 90.1 cm³/mol. The van der Waals surface area contributed by atoms with Crippen LogP contribution in [0, 0.1) is 0 Å². The fourth-order valence-corrected chi connectivity index (χ4v) is 2.02. The molecule has 6 nitrogen and oxygen atoms in total. The first kappa shape index (κ1) is 17.0. The highest BCUT2D eigenvalue weighted by molar-refractivity contribution is 5.84. The molecule has 0 unspecified atom stereocenters. The van der Waals surface area contributed by atoms with Crippen LogP contribution in [-0.2, 0) is 24.9 Å². The van der Waals surface area contributed by atoms with Crippen molar-refractivity contribution in [3.05, 3.63) is 48.0 Å². The van der Waals surface area contributed by atoms with Gasteiger partial charge in [-0.3, -0.25) is 5.32 Å². The van der Waals surface area contributed by atoms with Gasteiger partial charge in [0.05, 0.1) is 12.0 Å². The topological polar surface area (TPSA) is 68.2 Å². The second kappa shape index (κ2) is 7.28. The number of carbonyl (C=O) groups is 1. The number of nitrogens with one attached hydrogen (secondary N) is 2. The normalized spacial score (nSPS) is 11.3. The summed E-state index contributed by atoms with van der Waals surface area (Å²) in [5.41, 5.74) is 2.49. The minimum atomic E-state index is -0.500. The van der Waals surface area contributed by atoms with E-state index in [0.29, 0.717) is 0 Å². The summed E-state index contributed by atoms with van der Waals surface area (Å²) in [5.74, 6) is 0. The number of benzene rings is 1. The Hall–Kier alpha value is -2.34. The zero-order valence-corrected chi connectivity index (χ0v) is 14.1. The van der Waals surface area contributed by atoms with E-state index < -0.39 is 11.7 Å². The first-order valence-corrected chi connectivity index (χ1v) is 7.58. The molecule has 2 rings (SSSR count). The smallest absolute Gasteiger partial charge is 0.412 e. The van der Waals surface area contributed by atoms with Gasteiger partial charge in [0.2, 0.25) is 0 Å². The van der Waals surface area contributed by atoms with E-state index in [2.05, 4.69) is 15.6 Å². The molecular weight excluding hydrogens is 292 g/mol. The van der Waals surface area contributed by atoms with Gasteiger partial charge >= 0.3 is 6.09 Å². The van der Waals surface area contributed by atoms with E-state index in [4.69, 9.17) is 4.74 Å². The van der Waals surface area contributed by atoms with Gasteiger partial charge in [-0.2, -0.15) is 0 Å². The van der Waals surface area contributed by atoms with Crippen LogP contribution in [-0.4, -0.2) is 21.2 Å². The van der Waals surface area contributed by atoms with Crippen molar-refractivity contribution in [1.29, 1.82) is 0 Å². The quantitative estimate of drug-likeness (QED) is 0.889. The number of nitrogens with zero attached hydrogens (tertiary/aromatic N) is 2. The third-order valence-electron chi connectivity index (χ3n) is 3.15. The van der Waals surface area contributed by atoms with E-state index in [1.165, 1.54) is 0 Å². The second-order valence-electron chi connectivity index (χ2n) is 6.42. The Morgan fingerprint density at radius 3 is 2.48 bits per heavy atom. The van der Waals surface area contributed by atoms with Crippen molar-refractivity contribution < 1.29 is 9.53 Å². The van der Waals surface area contributed by atoms with Gasteiger partial charge in [0.15, 0.2) is 0 Å². The molecule has 0 aliphatic heterocycles. The number of aromatic nitrogens is 2. The molecule has 0 spiro atoms. The highest BCUT2D eigenvalue weighted by Crippen LogP contribution is 2.13. The van der Waals surface area contributed by atoms with Crippen LogP contribution < -0.4 is 10.6 Å². The fraction of sp³-hybridized carbons (Fsp3) is 0.412. The van der Waals surface area contributed by atoms with Gasteiger partial charge in [-0.1, -0.05) is 12.1 Å². The lowest BCUT2D eigenvalue weighted by Crippen LogP contribution is -2.27. The van der Waals surface area contributed by atoms with Crippen molar-refractivity contribution in [3.8, 4) is 0 Å². The number of ether oxygens (including phenoxy) is 1. The van der Waals surface area contributed by atoms with Gasteiger partial charge < -0.3 is 14.6 Å². The highest BCUT2D eigenvalue weighted by Gasteiger charge is 2.15. The Bertz CT molecular complexity index is 641. The fourth-order valence-electron chi connectivity index (χ4n) is 2.02. The molecule has 0 radical (unpaired) electrons. The van der Waals surface area contributed by atoms with Gasteiger partial charge in [-0.05, 0) is 38.5 Å². The van der Waals surface area contributed by atoms with Crippen LogP contribution in [0.15, 0.2) is 36.8 Å². The predicted octanol–water partition coefficient (Wildman–Crippen LogP) is 3.06. The molecular formula is C17H24N4O2. The van der Waals surface area contributed by atoms with Gasteiger partial charge in [-0.25, -0.2) is 9.78 Å². The summed E-state index contributed by atoms with van der Waals surface area (Å²) >= 11 is 0. The van der Waals surface area contributed by atoms with Crippen LogP contribution in [0.5, 0.6) is 0 Å². The maximum atomic E-state index is 11.7. The number of imidazole rings is 1. The summed E-state index contributed by atoms with van der Waals surface area (Å²) < 4.78 is 7.21. The lowest BCUT2D eigenvalue weighted by molar-refractivity contribution is 0.0636. The summed E-state index contributed by atoms with van der Waals surface area (Å²) in [7, 11) is 1.97. The number of amides is 1. The second-order valence-corrected chi connectivity index (χ2v) is 6.42. The molecule has 6 heteroatoms. The summed E-state index contributed by atoms with van der Waals surface area (Å²) in [5, 5.41) is 6.08. The number of hydrogen-bond acceptors (Lipinski definition) is 4. The third kappa shape index (κ3) is 5.75. The molecule has 1 heterocycles. The van der Waals surface area contributed by atoms with Gasteiger partial charge in [0, 0.05) is 32.0 Å². The van der Waals surface area contributed by atoms with Crippen LogP contribution in [0.1, 0.15) is 32.0 Å². The van der Waals surface area contributed by atoms with Crippen molar-refractivity contribution in [2.75, 3.05) is 5.32 Å². The molecule has 0 atom stereocenters. The van der Waals surface area contributed by atoms with Crippen LogP contribution in [0.4, 0.5) is 10.5 Å². The number of aryl methyl sites for hydroxylation is 1. The Morgan fingerprint density at radius 2 is 1.91 bits per heavy atom. The van der Waals surface area contributed by atoms with E-state index in [9.17, 15) is 4.79 Å². The van der Waals surface area contributed by atoms with Gasteiger partial charge in [0.1, 0.15) is 5.60 Å². The van der Waals surface area contributed by atoms with Gasteiger partial charge in [-0.15, -0.1) is 0 Å². The van der Waals surface area contributed by atoms with Crippen LogP contribution in [0.25, 0.3) is 0 Å². The molecule has 2 N–H and O–H groups in total. The van der Waals surface area contributed by atoms with Crippen molar-refractivity contribution in [1.82, 2.24) is 14.9 Å². The number of hydrogen-bond donors (Lipinski definition) is 2. The summed E-state index contributed by atoms with van der Waals surface area (Å²) in [6.45, 7) is 7.02. The Kier molecular flexibility index (Phi) is 5.39. The maximum Gasteiger partial charge on any atom is 0.412 e. The van der Waals surface area contributed by atoms with E-state index in [0.717, 1.165) is 30.0 Å². The molecule has 0 saturated heterocycles. The van der Waals surface area contributed by atoms with Gasteiger partial charge in [0.25, 0.3) is 0 Å². The molecule has 0 bridgehead atoms. The number of anilines is 1. The monoisotopic (exact) mass is 316 g/mol. The van der Waals surface area contributed by atoms with Crippen LogP contribution in [0.2, 0.25) is 0 Å². The van der Waals surface area contributed by atoms with E-state index in [1.54, 1.807) is 6.33 Å². The summed E-state index contributed by atoms with van der Waals surface area (Å²) in [6, 6.07) is 7.68. The van der Waals surface area contributed by atoms with Crippen LogP contribution in [0.3, 0.4) is 0 Å². The minimum Gasteiger partial charge on any atom is -0.444 e. The van der Waals surface area contributed by atoms with Crippen molar-refractivity contribution in [2.24, 2.45) is 7.05 Å². The minimum absolute atomic E-state index is 0.445. The first-order valence-electron chi connectivity index (χ1n) is 7.58. The number of rotatable bonds is 5. The van der Waals surface area contributed by atoms with E-state index in [1.807, 2.05) is 62.8 Å².